The SMILES string of the molecule is O=C(COc1ccc2c(c1)CCCC2)NC1(C(=O)O)CCOC1. The summed E-state index contributed by atoms with van der Waals surface area (Å²) in [7, 11) is 0. The number of carbonyl (C=O) groups is 2. The van der Waals surface area contributed by atoms with E-state index in [1.165, 1.54) is 24.0 Å². The summed E-state index contributed by atoms with van der Waals surface area (Å²) in [5.41, 5.74) is 1.30. The number of hydrogen-bond acceptors (Lipinski definition) is 4. The summed E-state index contributed by atoms with van der Waals surface area (Å²) in [6, 6.07) is 5.89. The molecular formula is C17H21NO5. The smallest absolute Gasteiger partial charge is 0.331 e. The average Bonchev–Trinajstić information content (AvgIpc) is 3.02. The van der Waals surface area contributed by atoms with Gasteiger partial charge in [0.1, 0.15) is 5.75 Å². The zero-order chi connectivity index (χ0) is 16.3. The second kappa shape index (κ2) is 6.58. The molecule has 1 atom stereocenters. The summed E-state index contributed by atoms with van der Waals surface area (Å²) < 4.78 is 10.6. The maximum absolute atomic E-state index is 12.0. The molecule has 1 aliphatic heterocycles. The fourth-order valence-corrected chi connectivity index (χ4v) is 3.14. The summed E-state index contributed by atoms with van der Waals surface area (Å²) in [5, 5.41) is 11.8. The minimum atomic E-state index is -1.32. The number of ether oxygens (including phenoxy) is 2. The van der Waals surface area contributed by atoms with Crippen LogP contribution in [0.4, 0.5) is 0 Å². The second-order valence-electron chi connectivity index (χ2n) is 6.16. The molecule has 1 aliphatic carbocycles. The maximum atomic E-state index is 12.0. The molecule has 3 rings (SSSR count). The zero-order valence-electron chi connectivity index (χ0n) is 13.0. The van der Waals surface area contributed by atoms with Crippen molar-refractivity contribution in [1.82, 2.24) is 5.32 Å². The molecule has 0 bridgehead atoms. The minimum Gasteiger partial charge on any atom is -0.484 e. The Hall–Kier alpha value is -2.08. The third kappa shape index (κ3) is 3.47. The van der Waals surface area contributed by atoms with Crippen molar-refractivity contribution in [3.63, 3.8) is 0 Å². The molecule has 0 saturated carbocycles. The van der Waals surface area contributed by atoms with Gasteiger partial charge in [0.05, 0.1) is 6.61 Å². The molecule has 124 valence electrons. The van der Waals surface area contributed by atoms with E-state index in [0.29, 0.717) is 12.4 Å². The fraction of sp³-hybridized carbons (Fsp3) is 0.529. The molecule has 2 N–H and O–H groups in total. The molecule has 0 radical (unpaired) electrons. The van der Waals surface area contributed by atoms with Crippen LogP contribution >= 0.6 is 0 Å². The Labute approximate surface area is 134 Å². The van der Waals surface area contributed by atoms with Gasteiger partial charge >= 0.3 is 5.97 Å². The van der Waals surface area contributed by atoms with Gasteiger partial charge in [-0.1, -0.05) is 6.07 Å². The minimum absolute atomic E-state index is 0.00703. The van der Waals surface area contributed by atoms with Crippen molar-refractivity contribution in [1.29, 1.82) is 0 Å². The third-order valence-electron chi connectivity index (χ3n) is 4.50. The summed E-state index contributed by atoms with van der Waals surface area (Å²) in [5.74, 6) is -0.874. The van der Waals surface area contributed by atoms with Crippen molar-refractivity contribution >= 4 is 11.9 Å². The number of benzene rings is 1. The van der Waals surface area contributed by atoms with Gasteiger partial charge < -0.3 is 19.9 Å². The van der Waals surface area contributed by atoms with E-state index in [1.807, 2.05) is 18.2 Å². The highest BCUT2D eigenvalue weighted by molar-refractivity contribution is 5.88. The molecule has 0 spiro atoms. The monoisotopic (exact) mass is 319 g/mol. The van der Waals surface area contributed by atoms with Gasteiger partial charge in [-0.25, -0.2) is 4.79 Å². The predicted molar refractivity (Wildman–Crippen MR) is 82.5 cm³/mol. The first-order valence-electron chi connectivity index (χ1n) is 7.96. The van der Waals surface area contributed by atoms with E-state index < -0.39 is 17.4 Å². The lowest BCUT2D eigenvalue weighted by Gasteiger charge is -2.23. The Bertz CT molecular complexity index is 607. The van der Waals surface area contributed by atoms with Crippen molar-refractivity contribution in [2.75, 3.05) is 19.8 Å². The number of nitrogens with one attached hydrogen (secondary N) is 1. The van der Waals surface area contributed by atoms with Crippen molar-refractivity contribution in [2.45, 2.75) is 37.6 Å². The van der Waals surface area contributed by atoms with Crippen molar-refractivity contribution in [2.24, 2.45) is 0 Å². The Morgan fingerprint density at radius 1 is 1.26 bits per heavy atom. The molecule has 1 heterocycles. The van der Waals surface area contributed by atoms with Crippen LogP contribution in [0.1, 0.15) is 30.4 Å². The number of aryl methyl sites for hydroxylation is 2. The molecule has 6 heteroatoms. The number of carbonyl (C=O) groups excluding carboxylic acids is 1. The summed E-state index contributed by atoms with van der Waals surface area (Å²) in [4.78, 5) is 23.4. The summed E-state index contributed by atoms with van der Waals surface area (Å²) in [6.45, 7) is 0.124. The number of fused-ring (bicyclic) bond motifs is 1. The van der Waals surface area contributed by atoms with Crippen LogP contribution in [0.3, 0.4) is 0 Å². The largest absolute Gasteiger partial charge is 0.484 e. The van der Waals surface area contributed by atoms with Crippen LogP contribution in [-0.2, 0) is 27.2 Å². The van der Waals surface area contributed by atoms with Gasteiger partial charge in [-0.05, 0) is 48.9 Å². The van der Waals surface area contributed by atoms with E-state index in [0.717, 1.165) is 12.8 Å². The Balaban J connectivity index is 1.57. The lowest BCUT2D eigenvalue weighted by atomic mass is 9.92. The molecule has 0 aromatic heterocycles. The van der Waals surface area contributed by atoms with Gasteiger partial charge in [-0.15, -0.1) is 0 Å². The van der Waals surface area contributed by atoms with Crippen LogP contribution in [0.25, 0.3) is 0 Å². The quantitative estimate of drug-likeness (QED) is 0.854. The number of hydrogen-bond donors (Lipinski definition) is 2. The Morgan fingerprint density at radius 3 is 2.74 bits per heavy atom. The van der Waals surface area contributed by atoms with Gasteiger partial charge in [-0.3, -0.25) is 4.79 Å². The summed E-state index contributed by atoms with van der Waals surface area (Å²) >= 11 is 0. The first-order valence-corrected chi connectivity index (χ1v) is 7.96. The fourth-order valence-electron chi connectivity index (χ4n) is 3.14. The van der Waals surface area contributed by atoms with E-state index in [1.54, 1.807) is 0 Å². The van der Waals surface area contributed by atoms with Crippen LogP contribution < -0.4 is 10.1 Å². The topological polar surface area (TPSA) is 84.9 Å². The first-order chi connectivity index (χ1) is 11.1. The standard InChI is InChI=1S/C17H21NO5/c19-15(18-17(16(20)21)7-8-22-11-17)10-23-14-6-5-12-3-1-2-4-13(12)9-14/h5-6,9H,1-4,7-8,10-11H2,(H,18,19)(H,20,21). The van der Waals surface area contributed by atoms with E-state index in [4.69, 9.17) is 9.47 Å². The van der Waals surface area contributed by atoms with Crippen LogP contribution in [0.15, 0.2) is 18.2 Å². The highest BCUT2D eigenvalue weighted by Crippen LogP contribution is 2.25. The van der Waals surface area contributed by atoms with E-state index in [9.17, 15) is 14.7 Å². The van der Waals surface area contributed by atoms with E-state index in [2.05, 4.69) is 5.32 Å². The van der Waals surface area contributed by atoms with Crippen LogP contribution in [-0.4, -0.2) is 42.3 Å². The zero-order valence-corrected chi connectivity index (χ0v) is 13.0. The molecule has 1 fully saturated rings. The molecule has 1 aromatic carbocycles. The molecule has 1 saturated heterocycles. The van der Waals surface area contributed by atoms with Crippen LogP contribution in [0.5, 0.6) is 5.75 Å². The van der Waals surface area contributed by atoms with Crippen molar-refractivity contribution in [3.05, 3.63) is 29.3 Å². The molecule has 1 aromatic rings. The average molecular weight is 319 g/mol. The van der Waals surface area contributed by atoms with Crippen molar-refractivity contribution < 1.29 is 24.2 Å². The van der Waals surface area contributed by atoms with E-state index >= 15 is 0 Å². The van der Waals surface area contributed by atoms with Crippen LogP contribution in [0.2, 0.25) is 0 Å². The molecule has 1 amide bonds. The highest BCUT2D eigenvalue weighted by atomic mass is 16.5. The van der Waals surface area contributed by atoms with Crippen molar-refractivity contribution in [3.8, 4) is 5.75 Å². The van der Waals surface area contributed by atoms with Crippen LogP contribution in [0, 0.1) is 0 Å². The van der Waals surface area contributed by atoms with Gasteiger partial charge in [0.2, 0.25) is 0 Å². The van der Waals surface area contributed by atoms with Gasteiger partial charge in [-0.2, -0.15) is 0 Å². The molecule has 1 unspecified atom stereocenters. The second-order valence-corrected chi connectivity index (χ2v) is 6.16. The Kier molecular flexibility index (Phi) is 4.52. The van der Waals surface area contributed by atoms with E-state index in [-0.39, 0.29) is 19.6 Å². The first kappa shape index (κ1) is 15.8. The maximum Gasteiger partial charge on any atom is 0.331 e. The lowest BCUT2D eigenvalue weighted by molar-refractivity contribution is -0.148. The number of amides is 1. The van der Waals surface area contributed by atoms with Gasteiger partial charge in [0.25, 0.3) is 5.91 Å². The normalized spacial score (nSPS) is 23.1. The Morgan fingerprint density at radius 2 is 2.04 bits per heavy atom. The number of carboxylic acid groups (broad SMARTS) is 1. The number of carboxylic acids is 1. The number of rotatable bonds is 5. The molecule has 6 nitrogen and oxygen atoms in total. The van der Waals surface area contributed by atoms with Gasteiger partial charge in [0, 0.05) is 13.0 Å². The predicted octanol–water partition coefficient (Wildman–Crippen LogP) is 1.30. The summed E-state index contributed by atoms with van der Waals surface area (Å²) in [6.07, 6.45) is 4.80. The molecular weight excluding hydrogens is 298 g/mol. The highest BCUT2D eigenvalue weighted by Gasteiger charge is 2.43. The number of aliphatic carboxylic acids is 1. The molecule has 2 aliphatic rings. The third-order valence-corrected chi connectivity index (χ3v) is 4.50. The lowest BCUT2D eigenvalue weighted by Crippen LogP contribution is -2.56. The van der Waals surface area contributed by atoms with Gasteiger partial charge in [0.15, 0.2) is 12.1 Å². The molecule has 23 heavy (non-hydrogen) atoms.